The molecular weight excluding hydrogens is 184 g/mol. The number of nitriles is 1. The summed E-state index contributed by atoms with van der Waals surface area (Å²) >= 11 is 0. The number of hydrogen-bond donors (Lipinski definition) is 1. The monoisotopic (exact) mass is 194 g/mol. The van der Waals surface area contributed by atoms with Crippen LogP contribution in [0.3, 0.4) is 0 Å². The van der Waals surface area contributed by atoms with E-state index in [0.29, 0.717) is 5.92 Å². The molecule has 1 heterocycles. The fourth-order valence-electron chi connectivity index (χ4n) is 1.39. The second-order valence-corrected chi connectivity index (χ2v) is 3.09. The van der Waals surface area contributed by atoms with Crippen molar-refractivity contribution >= 4 is 12.4 Å². The first-order valence-electron chi connectivity index (χ1n) is 4.11. The lowest BCUT2D eigenvalue weighted by atomic mass is 9.93. The number of halogens is 1. The van der Waals surface area contributed by atoms with E-state index in [0.717, 1.165) is 18.7 Å². The van der Waals surface area contributed by atoms with Crippen LogP contribution in [0.2, 0.25) is 0 Å². The molecule has 1 N–H and O–H groups in total. The minimum atomic E-state index is 0. The Hall–Kier alpha value is -1.04. The predicted molar refractivity (Wildman–Crippen MR) is 54.0 cm³/mol. The Morgan fingerprint density at radius 1 is 1.38 bits per heavy atom. The number of nitrogens with one attached hydrogen (secondary N) is 1. The lowest BCUT2D eigenvalue weighted by Crippen LogP contribution is -2.39. The molecule has 0 atom stereocenters. The molecule has 0 amide bonds. The molecule has 1 aliphatic rings. The van der Waals surface area contributed by atoms with Gasteiger partial charge in [0.2, 0.25) is 0 Å². The highest BCUT2D eigenvalue weighted by Gasteiger charge is 2.18. The van der Waals surface area contributed by atoms with Crippen molar-refractivity contribution < 1.29 is 0 Å². The lowest BCUT2D eigenvalue weighted by molar-refractivity contribution is 0.448. The summed E-state index contributed by atoms with van der Waals surface area (Å²) in [5.74, 6) is 0.623. The molecule has 0 unspecified atom stereocenters. The van der Waals surface area contributed by atoms with E-state index in [1.54, 1.807) is 0 Å². The minimum absolute atomic E-state index is 0. The SMILES string of the molecule is Cl.N#Cc1cccc(C2CNC2)c1. The molecular formula is C10H11ClN2. The summed E-state index contributed by atoms with van der Waals surface area (Å²) in [7, 11) is 0. The fraction of sp³-hybridized carbons (Fsp3) is 0.300. The summed E-state index contributed by atoms with van der Waals surface area (Å²) in [5, 5.41) is 11.9. The van der Waals surface area contributed by atoms with E-state index < -0.39 is 0 Å². The van der Waals surface area contributed by atoms with Crippen LogP contribution >= 0.6 is 12.4 Å². The van der Waals surface area contributed by atoms with Gasteiger partial charge in [0, 0.05) is 19.0 Å². The summed E-state index contributed by atoms with van der Waals surface area (Å²) in [4.78, 5) is 0. The molecule has 1 aliphatic heterocycles. The zero-order valence-electron chi connectivity index (χ0n) is 7.16. The van der Waals surface area contributed by atoms with E-state index in [2.05, 4.69) is 17.5 Å². The quantitative estimate of drug-likeness (QED) is 0.738. The third-order valence-corrected chi connectivity index (χ3v) is 2.27. The van der Waals surface area contributed by atoms with Crippen LogP contribution in [-0.4, -0.2) is 13.1 Å². The Kier molecular flexibility index (Phi) is 3.30. The van der Waals surface area contributed by atoms with Gasteiger partial charge in [0.25, 0.3) is 0 Å². The molecule has 0 spiro atoms. The molecule has 0 saturated carbocycles. The molecule has 3 heteroatoms. The van der Waals surface area contributed by atoms with E-state index in [1.807, 2.05) is 18.2 Å². The van der Waals surface area contributed by atoms with Gasteiger partial charge in [0.05, 0.1) is 11.6 Å². The number of nitrogens with zero attached hydrogens (tertiary/aromatic N) is 1. The fourth-order valence-corrected chi connectivity index (χ4v) is 1.39. The van der Waals surface area contributed by atoms with Crippen LogP contribution in [-0.2, 0) is 0 Å². The normalized spacial score (nSPS) is 15.3. The maximum atomic E-state index is 8.67. The van der Waals surface area contributed by atoms with Crippen LogP contribution in [0.1, 0.15) is 17.0 Å². The van der Waals surface area contributed by atoms with Crippen LogP contribution in [0, 0.1) is 11.3 Å². The molecule has 2 nitrogen and oxygen atoms in total. The maximum absolute atomic E-state index is 8.67. The second kappa shape index (κ2) is 4.27. The van der Waals surface area contributed by atoms with Gasteiger partial charge in [-0.25, -0.2) is 0 Å². The van der Waals surface area contributed by atoms with Crippen molar-refractivity contribution in [3.8, 4) is 6.07 Å². The Balaban J connectivity index is 0.000000845. The molecule has 1 aromatic rings. The highest BCUT2D eigenvalue weighted by Crippen LogP contribution is 2.20. The standard InChI is InChI=1S/C10H10N2.ClH/c11-5-8-2-1-3-9(4-8)10-6-12-7-10;/h1-4,10,12H,6-7H2;1H. The topological polar surface area (TPSA) is 35.8 Å². The van der Waals surface area contributed by atoms with Crippen LogP contribution < -0.4 is 5.32 Å². The number of rotatable bonds is 1. The Bertz CT molecular complexity index is 326. The first kappa shape index (κ1) is 10.0. The van der Waals surface area contributed by atoms with E-state index in [9.17, 15) is 0 Å². The summed E-state index contributed by atoms with van der Waals surface area (Å²) in [6.45, 7) is 2.10. The van der Waals surface area contributed by atoms with Gasteiger partial charge < -0.3 is 5.32 Å². The summed E-state index contributed by atoms with van der Waals surface area (Å²) in [6.07, 6.45) is 0. The second-order valence-electron chi connectivity index (χ2n) is 3.09. The van der Waals surface area contributed by atoms with Gasteiger partial charge >= 0.3 is 0 Å². The third kappa shape index (κ3) is 2.00. The van der Waals surface area contributed by atoms with Crippen molar-refractivity contribution in [2.75, 3.05) is 13.1 Å². The molecule has 0 aliphatic carbocycles. The Morgan fingerprint density at radius 2 is 2.15 bits per heavy atom. The van der Waals surface area contributed by atoms with Gasteiger partial charge in [-0.15, -0.1) is 12.4 Å². The van der Waals surface area contributed by atoms with E-state index in [-0.39, 0.29) is 12.4 Å². The zero-order chi connectivity index (χ0) is 8.39. The smallest absolute Gasteiger partial charge is 0.0991 e. The largest absolute Gasteiger partial charge is 0.315 e. The first-order chi connectivity index (χ1) is 5.90. The van der Waals surface area contributed by atoms with Crippen molar-refractivity contribution in [2.45, 2.75) is 5.92 Å². The van der Waals surface area contributed by atoms with Gasteiger partial charge in [-0.1, -0.05) is 12.1 Å². The first-order valence-corrected chi connectivity index (χ1v) is 4.11. The average molecular weight is 195 g/mol. The van der Waals surface area contributed by atoms with Gasteiger partial charge in [0.1, 0.15) is 0 Å². The molecule has 68 valence electrons. The van der Waals surface area contributed by atoms with Crippen LogP contribution in [0.4, 0.5) is 0 Å². The van der Waals surface area contributed by atoms with Crippen molar-refractivity contribution in [3.63, 3.8) is 0 Å². The predicted octanol–water partition coefficient (Wildman–Crippen LogP) is 1.67. The summed E-state index contributed by atoms with van der Waals surface area (Å²) in [5.41, 5.74) is 2.05. The van der Waals surface area contributed by atoms with Gasteiger partial charge in [-0.05, 0) is 17.7 Å². The van der Waals surface area contributed by atoms with Crippen molar-refractivity contribution in [3.05, 3.63) is 35.4 Å². The van der Waals surface area contributed by atoms with Crippen LogP contribution in [0.15, 0.2) is 24.3 Å². The summed E-state index contributed by atoms with van der Waals surface area (Å²) in [6, 6.07) is 10.0. The molecule has 2 rings (SSSR count). The Morgan fingerprint density at radius 3 is 2.69 bits per heavy atom. The number of benzene rings is 1. The molecule has 1 aromatic carbocycles. The summed E-state index contributed by atoms with van der Waals surface area (Å²) < 4.78 is 0. The average Bonchev–Trinajstić information content (AvgIpc) is 2.02. The number of hydrogen-bond acceptors (Lipinski definition) is 2. The zero-order valence-corrected chi connectivity index (χ0v) is 7.97. The highest BCUT2D eigenvalue weighted by molar-refractivity contribution is 5.85. The lowest BCUT2D eigenvalue weighted by Gasteiger charge is -2.27. The van der Waals surface area contributed by atoms with Crippen molar-refractivity contribution in [1.82, 2.24) is 5.32 Å². The van der Waals surface area contributed by atoms with Gasteiger partial charge in [0.15, 0.2) is 0 Å². The molecule has 0 radical (unpaired) electrons. The van der Waals surface area contributed by atoms with Gasteiger partial charge in [-0.3, -0.25) is 0 Å². The maximum Gasteiger partial charge on any atom is 0.0991 e. The molecule has 1 fully saturated rings. The van der Waals surface area contributed by atoms with Crippen molar-refractivity contribution in [2.24, 2.45) is 0 Å². The van der Waals surface area contributed by atoms with Crippen molar-refractivity contribution in [1.29, 1.82) is 5.26 Å². The van der Waals surface area contributed by atoms with Crippen LogP contribution in [0.5, 0.6) is 0 Å². The minimum Gasteiger partial charge on any atom is -0.315 e. The highest BCUT2D eigenvalue weighted by atomic mass is 35.5. The van der Waals surface area contributed by atoms with E-state index >= 15 is 0 Å². The third-order valence-electron chi connectivity index (χ3n) is 2.27. The van der Waals surface area contributed by atoms with E-state index in [1.165, 1.54) is 5.56 Å². The molecule has 0 aromatic heterocycles. The van der Waals surface area contributed by atoms with Gasteiger partial charge in [-0.2, -0.15) is 5.26 Å². The van der Waals surface area contributed by atoms with E-state index in [4.69, 9.17) is 5.26 Å². The van der Waals surface area contributed by atoms with Crippen LogP contribution in [0.25, 0.3) is 0 Å². The molecule has 0 bridgehead atoms. The molecule has 1 saturated heterocycles. The Labute approximate surface area is 84.0 Å². The molecule has 13 heavy (non-hydrogen) atoms.